The number of carboxylic acids is 2. The molecule has 5 heterocycles. The fraction of sp³-hybridized carbons (Fsp3) is 0.455. The van der Waals surface area contributed by atoms with Gasteiger partial charge in [0.25, 0.3) is 5.91 Å². The van der Waals surface area contributed by atoms with Gasteiger partial charge in [0.05, 0.1) is 16.7 Å². The lowest BCUT2D eigenvalue weighted by Gasteiger charge is -2.12. The first-order chi connectivity index (χ1) is 20.8. The van der Waals surface area contributed by atoms with E-state index in [0.717, 1.165) is 56.3 Å². The maximum absolute atomic E-state index is 12.6. The van der Waals surface area contributed by atoms with Gasteiger partial charge < -0.3 is 30.8 Å². The van der Waals surface area contributed by atoms with Gasteiger partial charge in [-0.2, -0.15) is 0 Å². The Morgan fingerprint density at radius 1 is 0.955 bits per heavy atom. The van der Waals surface area contributed by atoms with E-state index < -0.39 is 11.9 Å². The van der Waals surface area contributed by atoms with Crippen molar-refractivity contribution in [3.8, 4) is 0 Å². The van der Waals surface area contributed by atoms with Gasteiger partial charge in [-0.3, -0.25) is 19.2 Å². The average Bonchev–Trinajstić information content (AvgIpc) is 3.13. The van der Waals surface area contributed by atoms with E-state index in [-0.39, 0.29) is 41.4 Å². The summed E-state index contributed by atoms with van der Waals surface area (Å²) in [5.41, 5.74) is 9.50. The average molecular weight is 621 g/mol. The molecule has 2 aromatic heterocycles. The van der Waals surface area contributed by atoms with Gasteiger partial charge in [0, 0.05) is 65.0 Å². The van der Waals surface area contributed by atoms with Gasteiger partial charge in [0.1, 0.15) is 0 Å². The number of carboxylic acid groups (broad SMARTS) is 2. The molecule has 0 aliphatic carbocycles. The highest BCUT2D eigenvalue weighted by Gasteiger charge is 2.65. The molecule has 2 fully saturated rings. The molecule has 0 unspecified atom stereocenters. The van der Waals surface area contributed by atoms with Crippen LogP contribution in [0.3, 0.4) is 0 Å². The van der Waals surface area contributed by atoms with Crippen molar-refractivity contribution in [3.63, 3.8) is 0 Å². The normalized spacial score (nSPS) is 25.2. The molecule has 0 saturated carbocycles. The smallest absolute Gasteiger partial charge is 0.303 e. The van der Waals surface area contributed by atoms with E-state index in [1.54, 1.807) is 17.8 Å². The number of aliphatic carboxylic acids is 2. The lowest BCUT2D eigenvalue weighted by atomic mass is 9.91. The van der Waals surface area contributed by atoms with Gasteiger partial charge in [-0.15, -0.1) is 11.8 Å². The molecule has 4 atom stereocenters. The van der Waals surface area contributed by atoms with E-state index in [4.69, 9.17) is 0 Å². The van der Waals surface area contributed by atoms with Gasteiger partial charge in [0.2, 0.25) is 5.91 Å². The maximum atomic E-state index is 12.6. The molecule has 234 valence electrons. The quantitative estimate of drug-likeness (QED) is 0.194. The molecule has 0 bridgehead atoms. The van der Waals surface area contributed by atoms with Gasteiger partial charge in [0.15, 0.2) is 0 Å². The second-order valence-corrected chi connectivity index (χ2v) is 13.7. The van der Waals surface area contributed by atoms with Crippen LogP contribution in [0.1, 0.15) is 78.6 Å². The van der Waals surface area contributed by atoms with Crippen LogP contribution in [0.15, 0.2) is 29.5 Å². The summed E-state index contributed by atoms with van der Waals surface area (Å²) in [6.45, 7) is 13.7. The molecule has 2 aromatic rings. The summed E-state index contributed by atoms with van der Waals surface area (Å²) in [5, 5.41) is 25.4. The van der Waals surface area contributed by atoms with Gasteiger partial charge in [-0.05, 0) is 67.5 Å². The topological polar surface area (TPSA) is 164 Å². The van der Waals surface area contributed by atoms with Crippen LogP contribution in [0.4, 0.5) is 0 Å². The highest BCUT2D eigenvalue weighted by atomic mass is 32.2. The molecule has 0 radical (unpaired) electrons. The minimum absolute atomic E-state index is 0.00448. The predicted octanol–water partition coefficient (Wildman–Crippen LogP) is 4.11. The number of aromatic amines is 2. The minimum atomic E-state index is -0.892. The predicted molar refractivity (Wildman–Crippen MR) is 169 cm³/mol. The summed E-state index contributed by atoms with van der Waals surface area (Å²) in [6.07, 6.45) is 5.08. The third kappa shape index (κ3) is 5.53. The summed E-state index contributed by atoms with van der Waals surface area (Å²) >= 11 is 1.77. The fourth-order valence-corrected chi connectivity index (χ4v) is 8.27. The van der Waals surface area contributed by atoms with Crippen LogP contribution in [0.2, 0.25) is 0 Å². The molecular formula is C33H40N4O6S. The Kier molecular flexibility index (Phi) is 8.45. The highest BCUT2D eigenvalue weighted by Crippen LogP contribution is 2.64. The third-order valence-electron chi connectivity index (χ3n) is 9.64. The van der Waals surface area contributed by atoms with E-state index in [1.807, 2.05) is 33.8 Å². The number of carbonyl (C=O) groups is 4. The van der Waals surface area contributed by atoms with E-state index >= 15 is 0 Å². The molecule has 2 saturated heterocycles. The van der Waals surface area contributed by atoms with Crippen molar-refractivity contribution in [1.82, 2.24) is 20.6 Å². The van der Waals surface area contributed by atoms with Crippen LogP contribution in [-0.2, 0) is 44.9 Å². The lowest BCUT2D eigenvalue weighted by molar-refractivity contribution is -0.138. The zero-order valence-electron chi connectivity index (χ0n) is 25.8. The summed E-state index contributed by atoms with van der Waals surface area (Å²) in [5.74, 6) is -2.08. The van der Waals surface area contributed by atoms with E-state index in [2.05, 4.69) is 34.1 Å². The van der Waals surface area contributed by atoms with E-state index in [0.29, 0.717) is 36.5 Å². The summed E-state index contributed by atoms with van der Waals surface area (Å²) in [4.78, 5) is 55.2. The molecule has 0 aromatic carbocycles. The van der Waals surface area contributed by atoms with Crippen molar-refractivity contribution < 1.29 is 29.4 Å². The standard InChI is InChI=1S/C33H40N4O6S/c1-7-20-15(2)24(36-32(20)43)12-23-16(3)21(8-10-29(38)39)26(34-23)13-27-22(9-11-30(40)41)17(4)25(35-27)14-28-33(19(6)44-33)18(5)31(42)37-28/h7,14,18-19,24,34-35H,1,8-13H2,2-6H3,(H,36,43)(H,37,42)(H,38,39)(H,40,41)/b28-14-/t18-,19-,24+,33+/m0/s1. The highest BCUT2D eigenvalue weighted by molar-refractivity contribution is 8.09. The van der Waals surface area contributed by atoms with E-state index in [1.165, 1.54) is 0 Å². The number of H-pyrrole nitrogens is 2. The molecule has 6 N–H and O–H groups in total. The molecule has 3 aliphatic heterocycles. The number of amides is 2. The summed E-state index contributed by atoms with van der Waals surface area (Å²) in [6, 6.07) is -0.205. The monoisotopic (exact) mass is 620 g/mol. The number of hydrogen-bond donors (Lipinski definition) is 6. The first-order valence-corrected chi connectivity index (χ1v) is 15.8. The Morgan fingerprint density at radius 3 is 2.09 bits per heavy atom. The molecule has 1 spiro atoms. The Bertz CT molecular complexity index is 1650. The van der Waals surface area contributed by atoms with Crippen LogP contribution >= 0.6 is 11.8 Å². The third-order valence-corrected chi connectivity index (χ3v) is 11.4. The zero-order chi connectivity index (χ0) is 32.1. The van der Waals surface area contributed by atoms with Crippen LogP contribution in [-0.4, -0.2) is 60.0 Å². The zero-order valence-corrected chi connectivity index (χ0v) is 26.6. The molecule has 3 aliphatic rings. The number of hydrogen-bond acceptors (Lipinski definition) is 5. The van der Waals surface area contributed by atoms with Crippen molar-refractivity contribution in [2.45, 2.75) is 89.2 Å². The summed E-state index contributed by atoms with van der Waals surface area (Å²) < 4.78 is -0.265. The Labute approximate surface area is 260 Å². The van der Waals surface area contributed by atoms with Crippen LogP contribution in [0.25, 0.3) is 6.08 Å². The van der Waals surface area contributed by atoms with Crippen molar-refractivity contribution in [3.05, 3.63) is 74.5 Å². The Balaban J connectivity index is 1.53. The molecule has 5 rings (SSSR count). The molecular weight excluding hydrogens is 580 g/mol. The van der Waals surface area contributed by atoms with Gasteiger partial charge in [-0.25, -0.2) is 0 Å². The number of aromatic nitrogens is 2. The second kappa shape index (κ2) is 11.8. The number of rotatable bonds is 12. The first kappa shape index (κ1) is 31.4. The molecule has 44 heavy (non-hydrogen) atoms. The largest absolute Gasteiger partial charge is 0.481 e. The maximum Gasteiger partial charge on any atom is 0.303 e. The van der Waals surface area contributed by atoms with Gasteiger partial charge >= 0.3 is 11.9 Å². The van der Waals surface area contributed by atoms with Crippen molar-refractivity contribution in [2.24, 2.45) is 5.92 Å². The minimum Gasteiger partial charge on any atom is -0.481 e. The Morgan fingerprint density at radius 2 is 1.55 bits per heavy atom. The van der Waals surface area contributed by atoms with E-state index in [9.17, 15) is 29.4 Å². The SMILES string of the molecule is C=CC1=C(C)[C@@H](Cc2[nH]c(Cc3[nH]c(/C=C4\NC(=O)[C@H](C)[C@]45S[C@H]5C)c(C)c3CCC(=O)O)c(CCC(=O)O)c2C)NC1=O. The first-order valence-electron chi connectivity index (χ1n) is 15.0. The Hall–Kier alpha value is -3.99. The lowest BCUT2D eigenvalue weighted by Crippen LogP contribution is -2.30. The summed E-state index contributed by atoms with van der Waals surface area (Å²) in [7, 11) is 0. The van der Waals surface area contributed by atoms with Crippen molar-refractivity contribution >= 4 is 41.6 Å². The fourth-order valence-electron chi connectivity index (χ4n) is 6.88. The van der Waals surface area contributed by atoms with Crippen LogP contribution in [0.5, 0.6) is 0 Å². The second-order valence-electron chi connectivity index (χ2n) is 12.1. The van der Waals surface area contributed by atoms with Crippen molar-refractivity contribution in [2.75, 3.05) is 0 Å². The molecule has 10 nitrogen and oxygen atoms in total. The number of thioether (sulfide) groups is 1. The van der Waals surface area contributed by atoms with Crippen molar-refractivity contribution in [1.29, 1.82) is 0 Å². The molecule has 11 heteroatoms. The number of carbonyl (C=O) groups excluding carboxylic acids is 2. The van der Waals surface area contributed by atoms with Gasteiger partial charge in [-0.1, -0.05) is 26.5 Å². The molecule has 2 amide bonds. The number of nitrogens with one attached hydrogen (secondary N) is 4. The van der Waals surface area contributed by atoms with Crippen LogP contribution in [0, 0.1) is 19.8 Å². The van der Waals surface area contributed by atoms with Crippen LogP contribution < -0.4 is 10.6 Å².